The van der Waals surface area contributed by atoms with Crippen molar-refractivity contribution in [2.24, 2.45) is 0 Å². The molecule has 5 heteroatoms. The Hall–Kier alpha value is -2.14. The van der Waals surface area contributed by atoms with Gasteiger partial charge < -0.3 is 14.1 Å². The number of benzene rings is 1. The number of ether oxygens (including phenoxy) is 1. The molecule has 5 nitrogen and oxygen atoms in total. The predicted molar refractivity (Wildman–Crippen MR) is 81.9 cm³/mol. The minimum absolute atomic E-state index is 0.550. The van der Waals surface area contributed by atoms with Crippen LogP contribution >= 0.6 is 0 Å². The van der Waals surface area contributed by atoms with Crippen molar-refractivity contribution in [3.63, 3.8) is 0 Å². The Kier molecular flexibility index (Phi) is 3.75. The van der Waals surface area contributed by atoms with Crippen molar-refractivity contribution < 1.29 is 14.1 Å². The van der Waals surface area contributed by atoms with E-state index < -0.39 is 0 Å². The fourth-order valence-electron chi connectivity index (χ4n) is 2.22. The number of rotatable bonds is 5. The van der Waals surface area contributed by atoms with Crippen molar-refractivity contribution in [1.29, 1.82) is 0 Å². The van der Waals surface area contributed by atoms with E-state index in [2.05, 4.69) is 24.1 Å². The van der Waals surface area contributed by atoms with Gasteiger partial charge in [0.15, 0.2) is 0 Å². The molecule has 0 aliphatic carbocycles. The Morgan fingerprint density at radius 2 is 2.00 bits per heavy atom. The summed E-state index contributed by atoms with van der Waals surface area (Å²) in [6.45, 7) is 3.55. The molecule has 0 unspecified atom stereocenters. The third kappa shape index (κ3) is 2.69. The average Bonchev–Trinajstić information content (AvgIpc) is 2.85. The van der Waals surface area contributed by atoms with Gasteiger partial charge in [0, 0.05) is 11.8 Å². The number of nitrogens with zero attached hydrogens (tertiary/aromatic N) is 2. The summed E-state index contributed by atoms with van der Waals surface area (Å²) in [4.78, 5) is 10.4. The minimum Gasteiger partial charge on any atom is -0.469 e. The fraction of sp³-hybridized carbons (Fsp3) is 0.375. The average molecular weight is 286 g/mol. The first-order valence-electron chi connectivity index (χ1n) is 7.29. The van der Waals surface area contributed by atoms with Gasteiger partial charge in [0.25, 0.3) is 5.88 Å². The summed E-state index contributed by atoms with van der Waals surface area (Å²) < 4.78 is 11.7. The number of hydrogen-bond acceptors (Lipinski definition) is 4. The van der Waals surface area contributed by atoms with Crippen molar-refractivity contribution in [3.8, 4) is 5.88 Å². The van der Waals surface area contributed by atoms with E-state index >= 15 is 0 Å². The Morgan fingerprint density at radius 3 is 2.76 bits per heavy atom. The van der Waals surface area contributed by atoms with E-state index in [-0.39, 0.29) is 0 Å². The monoisotopic (exact) mass is 286 g/mol. The lowest BCUT2D eigenvalue weighted by molar-refractivity contribution is -0.858. The molecule has 0 amide bonds. The van der Waals surface area contributed by atoms with E-state index in [0.717, 1.165) is 35.3 Å². The summed E-state index contributed by atoms with van der Waals surface area (Å²) in [5.74, 6) is 1.33. The van der Waals surface area contributed by atoms with Gasteiger partial charge in [-0.3, -0.25) is 0 Å². The maximum Gasteiger partial charge on any atom is 0.262 e. The molecule has 0 radical (unpaired) electrons. The van der Waals surface area contributed by atoms with Gasteiger partial charge in [-0.25, -0.2) is 4.98 Å². The number of aryl methyl sites for hydroxylation is 1. The van der Waals surface area contributed by atoms with Gasteiger partial charge in [0.1, 0.15) is 30.1 Å². The summed E-state index contributed by atoms with van der Waals surface area (Å²) >= 11 is 0. The standard InChI is InChI=1S/C16H19N3O2/c1-4-13-17-14-11-7-5-6-8-12(11)21-15(14)16(18-13)20-10-9-19(2)3/h5-8H,4,9-10H2,1-3H3/p+1. The lowest BCUT2D eigenvalue weighted by atomic mass is 10.2. The molecule has 21 heavy (non-hydrogen) atoms. The van der Waals surface area contributed by atoms with Gasteiger partial charge in [-0.1, -0.05) is 19.1 Å². The summed E-state index contributed by atoms with van der Waals surface area (Å²) in [7, 11) is 4.19. The lowest BCUT2D eigenvalue weighted by Crippen LogP contribution is -3.06. The van der Waals surface area contributed by atoms with Gasteiger partial charge in [0.05, 0.1) is 14.1 Å². The largest absolute Gasteiger partial charge is 0.469 e. The first kappa shape index (κ1) is 13.8. The number of furan rings is 1. The quantitative estimate of drug-likeness (QED) is 0.771. The van der Waals surface area contributed by atoms with Crippen molar-refractivity contribution in [3.05, 3.63) is 30.1 Å². The highest BCUT2D eigenvalue weighted by Crippen LogP contribution is 2.32. The summed E-state index contributed by atoms with van der Waals surface area (Å²) in [6.07, 6.45) is 0.769. The molecule has 2 aromatic heterocycles. The number of likely N-dealkylation sites (N-methyl/N-ethyl adjacent to an activating group) is 1. The van der Waals surface area contributed by atoms with Gasteiger partial charge in [-0.05, 0) is 12.1 Å². The van der Waals surface area contributed by atoms with E-state index in [1.807, 2.05) is 31.2 Å². The summed E-state index contributed by atoms with van der Waals surface area (Å²) in [5, 5.41) is 1.01. The molecule has 0 bridgehead atoms. The molecule has 1 aromatic carbocycles. The molecule has 0 saturated carbocycles. The number of para-hydroxylation sites is 1. The fourth-order valence-corrected chi connectivity index (χ4v) is 2.22. The Balaban J connectivity index is 2.08. The molecule has 2 heterocycles. The van der Waals surface area contributed by atoms with Crippen LogP contribution in [0.25, 0.3) is 22.1 Å². The second kappa shape index (κ2) is 5.69. The van der Waals surface area contributed by atoms with Gasteiger partial charge in [0.2, 0.25) is 5.58 Å². The van der Waals surface area contributed by atoms with Crippen LogP contribution in [0.2, 0.25) is 0 Å². The van der Waals surface area contributed by atoms with Gasteiger partial charge in [-0.15, -0.1) is 0 Å². The molecule has 1 N–H and O–H groups in total. The van der Waals surface area contributed by atoms with Gasteiger partial charge in [-0.2, -0.15) is 4.98 Å². The number of hydrogen-bond donors (Lipinski definition) is 1. The minimum atomic E-state index is 0.550. The maximum absolute atomic E-state index is 5.88. The Bertz CT molecular complexity index is 765. The van der Waals surface area contributed by atoms with E-state index in [0.29, 0.717) is 18.1 Å². The van der Waals surface area contributed by atoms with Crippen LogP contribution in [0.5, 0.6) is 5.88 Å². The molecule has 0 atom stereocenters. The van der Waals surface area contributed by atoms with Crippen LogP contribution < -0.4 is 9.64 Å². The highest BCUT2D eigenvalue weighted by Gasteiger charge is 2.16. The highest BCUT2D eigenvalue weighted by atomic mass is 16.5. The van der Waals surface area contributed by atoms with Crippen LogP contribution in [-0.4, -0.2) is 37.2 Å². The van der Waals surface area contributed by atoms with Crippen molar-refractivity contribution >= 4 is 22.1 Å². The number of fused-ring (bicyclic) bond motifs is 3. The molecule has 110 valence electrons. The van der Waals surface area contributed by atoms with E-state index in [1.54, 1.807) is 0 Å². The molecule has 0 aliphatic rings. The summed E-state index contributed by atoms with van der Waals surface area (Å²) in [5.41, 5.74) is 2.30. The first-order valence-corrected chi connectivity index (χ1v) is 7.29. The number of quaternary nitrogens is 1. The smallest absolute Gasteiger partial charge is 0.262 e. The Morgan fingerprint density at radius 1 is 1.19 bits per heavy atom. The topological polar surface area (TPSA) is 52.6 Å². The SMILES string of the molecule is CCc1nc(OCC[NH+](C)C)c2oc3ccccc3c2n1. The molecule has 0 aliphatic heterocycles. The zero-order chi connectivity index (χ0) is 14.8. The van der Waals surface area contributed by atoms with E-state index in [9.17, 15) is 0 Å². The van der Waals surface area contributed by atoms with Crippen LogP contribution in [0.15, 0.2) is 28.7 Å². The zero-order valence-corrected chi connectivity index (χ0v) is 12.6. The molecule has 0 spiro atoms. The van der Waals surface area contributed by atoms with Crippen molar-refractivity contribution in [2.75, 3.05) is 27.2 Å². The van der Waals surface area contributed by atoms with Crippen molar-refractivity contribution in [1.82, 2.24) is 9.97 Å². The van der Waals surface area contributed by atoms with E-state index in [1.165, 1.54) is 4.90 Å². The second-order valence-corrected chi connectivity index (χ2v) is 5.38. The van der Waals surface area contributed by atoms with Crippen molar-refractivity contribution in [2.45, 2.75) is 13.3 Å². The number of nitrogens with one attached hydrogen (secondary N) is 1. The highest BCUT2D eigenvalue weighted by molar-refractivity contribution is 6.03. The second-order valence-electron chi connectivity index (χ2n) is 5.38. The predicted octanol–water partition coefficient (Wildman–Crippen LogP) is 1.46. The molecule has 3 rings (SSSR count). The summed E-state index contributed by atoms with van der Waals surface area (Å²) in [6, 6.07) is 7.90. The van der Waals surface area contributed by atoms with Crippen LogP contribution in [0.4, 0.5) is 0 Å². The third-order valence-electron chi connectivity index (χ3n) is 3.39. The first-order chi connectivity index (χ1) is 10.2. The zero-order valence-electron chi connectivity index (χ0n) is 12.6. The lowest BCUT2D eigenvalue weighted by Gasteiger charge is -2.09. The molecular weight excluding hydrogens is 266 g/mol. The maximum atomic E-state index is 5.88. The molecular formula is C16H20N3O2+. The number of aromatic nitrogens is 2. The van der Waals surface area contributed by atoms with Crippen LogP contribution in [0.1, 0.15) is 12.7 Å². The van der Waals surface area contributed by atoms with Crippen LogP contribution in [-0.2, 0) is 6.42 Å². The normalized spacial score (nSPS) is 11.6. The molecule has 3 aromatic rings. The Labute approximate surface area is 123 Å². The van der Waals surface area contributed by atoms with Crippen LogP contribution in [0.3, 0.4) is 0 Å². The molecule has 0 saturated heterocycles. The molecule has 0 fully saturated rings. The van der Waals surface area contributed by atoms with E-state index in [4.69, 9.17) is 9.15 Å². The third-order valence-corrected chi connectivity index (χ3v) is 3.39. The van der Waals surface area contributed by atoms with Crippen LogP contribution in [0, 0.1) is 0 Å². The van der Waals surface area contributed by atoms with Gasteiger partial charge >= 0.3 is 0 Å².